The number of aliphatic hydroxyl groups is 3. The molecule has 0 aromatic carbocycles. The predicted octanol–water partition coefficient (Wildman–Crippen LogP) is -2.74. The van der Waals surface area contributed by atoms with Gasteiger partial charge in [0.05, 0.1) is 0 Å². The fourth-order valence-corrected chi connectivity index (χ4v) is 1.67. The number of ether oxygens (including phenoxy) is 1. The molecule has 0 aromatic heterocycles. The van der Waals surface area contributed by atoms with Crippen LogP contribution in [0.4, 0.5) is 0 Å². The van der Waals surface area contributed by atoms with Crippen molar-refractivity contribution in [3.63, 3.8) is 0 Å². The number of aliphatic hydroxyl groups excluding tert-OH is 3. The highest BCUT2D eigenvalue weighted by atomic mass is 16.6. The van der Waals surface area contributed by atoms with Gasteiger partial charge in [-0.1, -0.05) is 6.92 Å². The fraction of sp³-hybridized carbons (Fsp3) is 0.700. The van der Waals surface area contributed by atoms with Crippen molar-refractivity contribution in [1.29, 1.82) is 0 Å². The van der Waals surface area contributed by atoms with Crippen LogP contribution >= 0.6 is 0 Å². The summed E-state index contributed by atoms with van der Waals surface area (Å²) in [7, 11) is 0. The molecule has 0 amide bonds. The van der Waals surface area contributed by atoms with Gasteiger partial charge in [-0.25, -0.2) is 10.6 Å². The standard InChI is InChI=1S/C10H19N3O6/c1-2-4(11)3-13(12)9-7(16)5(14)6(15)8(19-9)10(17)18/h3,5-9,14-16H,2,11-12H2,1H3,(H,17,18)/b4-3-. The van der Waals surface area contributed by atoms with Gasteiger partial charge in [0, 0.05) is 11.9 Å². The van der Waals surface area contributed by atoms with Crippen molar-refractivity contribution in [3.05, 3.63) is 11.9 Å². The highest BCUT2D eigenvalue weighted by Gasteiger charge is 2.48. The molecule has 1 fully saturated rings. The zero-order valence-corrected chi connectivity index (χ0v) is 10.4. The Morgan fingerprint density at radius 2 is 1.89 bits per heavy atom. The summed E-state index contributed by atoms with van der Waals surface area (Å²) in [4.78, 5) is 10.9. The summed E-state index contributed by atoms with van der Waals surface area (Å²) in [5.41, 5.74) is 5.94. The quantitative estimate of drug-likeness (QED) is 0.236. The third-order valence-corrected chi connectivity index (χ3v) is 2.85. The normalized spacial score (nSPS) is 36.1. The minimum Gasteiger partial charge on any atom is -0.479 e. The number of hydrogen-bond acceptors (Lipinski definition) is 8. The highest BCUT2D eigenvalue weighted by molar-refractivity contribution is 5.73. The van der Waals surface area contributed by atoms with E-state index in [1.807, 2.05) is 0 Å². The van der Waals surface area contributed by atoms with E-state index in [-0.39, 0.29) is 0 Å². The van der Waals surface area contributed by atoms with Crippen molar-refractivity contribution in [2.45, 2.75) is 44.0 Å². The molecular formula is C10H19N3O6. The predicted molar refractivity (Wildman–Crippen MR) is 62.9 cm³/mol. The second-order valence-electron chi connectivity index (χ2n) is 4.26. The molecule has 9 nitrogen and oxygen atoms in total. The van der Waals surface area contributed by atoms with Gasteiger partial charge in [0.2, 0.25) is 0 Å². The molecule has 9 heteroatoms. The summed E-state index contributed by atoms with van der Waals surface area (Å²) in [5, 5.41) is 38.6. The van der Waals surface area contributed by atoms with Gasteiger partial charge in [-0.2, -0.15) is 0 Å². The first-order chi connectivity index (χ1) is 8.79. The first-order valence-corrected chi connectivity index (χ1v) is 5.71. The van der Waals surface area contributed by atoms with Gasteiger partial charge in [0.25, 0.3) is 0 Å². The van der Waals surface area contributed by atoms with E-state index in [1.54, 1.807) is 6.92 Å². The van der Waals surface area contributed by atoms with Crippen LogP contribution in [0.3, 0.4) is 0 Å². The Morgan fingerprint density at radius 1 is 1.32 bits per heavy atom. The topological polar surface area (TPSA) is 162 Å². The van der Waals surface area contributed by atoms with Crippen LogP contribution in [0, 0.1) is 0 Å². The van der Waals surface area contributed by atoms with E-state index in [2.05, 4.69) is 0 Å². The summed E-state index contributed by atoms with van der Waals surface area (Å²) in [5.74, 6) is 4.12. The Labute approximate surface area is 109 Å². The lowest BCUT2D eigenvalue weighted by Gasteiger charge is -2.41. The molecule has 0 radical (unpaired) electrons. The average Bonchev–Trinajstić information content (AvgIpc) is 2.35. The minimum atomic E-state index is -1.75. The Bertz CT molecular complexity index is 363. The van der Waals surface area contributed by atoms with Crippen LogP contribution in [0.25, 0.3) is 0 Å². The lowest BCUT2D eigenvalue weighted by atomic mass is 9.98. The number of nitrogens with two attached hydrogens (primary N) is 2. The number of hydrogen-bond donors (Lipinski definition) is 6. The van der Waals surface area contributed by atoms with Crippen LogP contribution in [0.5, 0.6) is 0 Å². The monoisotopic (exact) mass is 277 g/mol. The lowest BCUT2D eigenvalue weighted by molar-refractivity contribution is -0.254. The van der Waals surface area contributed by atoms with Gasteiger partial charge in [-0.05, 0) is 6.42 Å². The maximum absolute atomic E-state index is 10.9. The van der Waals surface area contributed by atoms with Crippen molar-refractivity contribution in [3.8, 4) is 0 Å². The van der Waals surface area contributed by atoms with Gasteiger partial charge < -0.3 is 30.9 Å². The molecule has 8 N–H and O–H groups in total. The number of carboxylic acids is 1. The largest absolute Gasteiger partial charge is 0.479 e. The van der Waals surface area contributed by atoms with Crippen LogP contribution in [0.2, 0.25) is 0 Å². The molecule has 110 valence electrons. The Balaban J connectivity index is 2.91. The SMILES string of the molecule is CC/C(N)=C/N(N)C1OC(C(=O)O)C(O)C(O)C1O. The summed E-state index contributed by atoms with van der Waals surface area (Å²) in [6, 6.07) is 0. The minimum absolute atomic E-state index is 0.380. The van der Waals surface area contributed by atoms with E-state index in [1.165, 1.54) is 6.20 Å². The number of aliphatic carboxylic acids is 1. The van der Waals surface area contributed by atoms with Gasteiger partial charge in [-0.3, -0.25) is 5.01 Å². The van der Waals surface area contributed by atoms with Crippen molar-refractivity contribution in [2.75, 3.05) is 0 Å². The molecule has 1 heterocycles. The summed E-state index contributed by atoms with van der Waals surface area (Å²) in [6.07, 6.45) is -6.28. The maximum Gasteiger partial charge on any atom is 0.335 e. The summed E-state index contributed by atoms with van der Waals surface area (Å²) in [6.45, 7) is 1.77. The molecule has 0 aliphatic carbocycles. The molecule has 19 heavy (non-hydrogen) atoms. The van der Waals surface area contributed by atoms with Gasteiger partial charge in [0.1, 0.15) is 18.3 Å². The number of nitrogens with zero attached hydrogens (tertiary/aromatic N) is 1. The third kappa shape index (κ3) is 3.33. The molecule has 0 aromatic rings. The van der Waals surface area contributed by atoms with Crippen molar-refractivity contribution in [1.82, 2.24) is 5.01 Å². The number of hydrazine groups is 1. The fourth-order valence-electron chi connectivity index (χ4n) is 1.67. The number of rotatable bonds is 4. The van der Waals surface area contributed by atoms with Crippen LogP contribution in [-0.2, 0) is 9.53 Å². The van der Waals surface area contributed by atoms with E-state index in [9.17, 15) is 20.1 Å². The molecule has 1 aliphatic heterocycles. The van der Waals surface area contributed by atoms with E-state index in [0.717, 1.165) is 5.01 Å². The van der Waals surface area contributed by atoms with Gasteiger partial charge in [0.15, 0.2) is 12.3 Å². The van der Waals surface area contributed by atoms with Crippen molar-refractivity contribution in [2.24, 2.45) is 11.6 Å². The molecule has 5 atom stereocenters. The number of allylic oxidation sites excluding steroid dienone is 1. The molecular weight excluding hydrogens is 258 g/mol. The second kappa shape index (κ2) is 6.17. The first kappa shape index (κ1) is 15.7. The van der Waals surface area contributed by atoms with Crippen LogP contribution in [0.15, 0.2) is 11.9 Å². The third-order valence-electron chi connectivity index (χ3n) is 2.85. The Kier molecular flexibility index (Phi) is 5.09. The van der Waals surface area contributed by atoms with E-state index in [0.29, 0.717) is 12.1 Å². The van der Waals surface area contributed by atoms with E-state index >= 15 is 0 Å². The molecule has 0 bridgehead atoms. The molecule has 0 saturated carbocycles. The molecule has 1 rings (SSSR count). The average molecular weight is 277 g/mol. The Morgan fingerprint density at radius 3 is 2.37 bits per heavy atom. The van der Waals surface area contributed by atoms with Gasteiger partial charge in [-0.15, -0.1) is 0 Å². The lowest BCUT2D eigenvalue weighted by Crippen LogP contribution is -2.64. The summed E-state index contributed by atoms with van der Waals surface area (Å²) < 4.78 is 4.99. The second-order valence-corrected chi connectivity index (χ2v) is 4.26. The van der Waals surface area contributed by atoms with Crippen molar-refractivity contribution < 1.29 is 30.0 Å². The van der Waals surface area contributed by atoms with E-state index < -0.39 is 36.6 Å². The highest BCUT2D eigenvalue weighted by Crippen LogP contribution is 2.23. The molecule has 1 saturated heterocycles. The van der Waals surface area contributed by atoms with Crippen LogP contribution in [0.1, 0.15) is 13.3 Å². The zero-order chi connectivity index (χ0) is 14.7. The number of carboxylic acid groups (broad SMARTS) is 1. The Hall–Kier alpha value is -1.39. The molecule has 5 unspecified atom stereocenters. The first-order valence-electron chi connectivity index (χ1n) is 5.71. The molecule has 1 aliphatic rings. The summed E-state index contributed by atoms with van der Waals surface area (Å²) >= 11 is 0. The van der Waals surface area contributed by atoms with Crippen LogP contribution < -0.4 is 11.6 Å². The van der Waals surface area contributed by atoms with Crippen LogP contribution in [-0.4, -0.2) is 62.0 Å². The van der Waals surface area contributed by atoms with Crippen molar-refractivity contribution >= 4 is 5.97 Å². The zero-order valence-electron chi connectivity index (χ0n) is 10.4. The molecule has 0 spiro atoms. The maximum atomic E-state index is 10.9. The van der Waals surface area contributed by atoms with E-state index in [4.69, 9.17) is 21.4 Å². The van der Waals surface area contributed by atoms with Gasteiger partial charge >= 0.3 is 5.97 Å². The smallest absolute Gasteiger partial charge is 0.335 e. The number of carbonyl (C=O) groups is 1.